The number of rotatable bonds is 4. The number of carbonyl (C=O) groups is 2. The van der Waals surface area contributed by atoms with E-state index in [0.717, 1.165) is 11.1 Å². The third-order valence-electron chi connectivity index (χ3n) is 3.20. The highest BCUT2D eigenvalue weighted by Gasteiger charge is 2.23. The second-order valence-corrected chi connectivity index (χ2v) is 6.01. The van der Waals surface area contributed by atoms with Crippen LogP contribution in [0, 0.1) is 6.92 Å². The highest BCUT2D eigenvalue weighted by atomic mass is 16.6. The summed E-state index contributed by atoms with van der Waals surface area (Å²) >= 11 is 0. The second kappa shape index (κ2) is 6.61. The number of hydrogen-bond acceptors (Lipinski definition) is 3. The van der Waals surface area contributed by atoms with Gasteiger partial charge in [0.1, 0.15) is 0 Å². The number of benzene rings is 1. The largest absolute Gasteiger partial charge is 0.479 e. The number of carbonyl (C=O) groups excluding carboxylic acids is 1. The number of carboxylic acid groups (broad SMARTS) is 1. The van der Waals surface area contributed by atoms with E-state index in [2.05, 4.69) is 5.32 Å². The molecule has 0 bridgehead atoms. The number of aliphatic carboxylic acids is 1. The third-order valence-corrected chi connectivity index (χ3v) is 3.20. The van der Waals surface area contributed by atoms with Gasteiger partial charge >= 0.3 is 12.1 Å². The zero-order chi connectivity index (χ0) is 16.2. The maximum Gasteiger partial charge on any atom is 0.412 e. The Hall–Kier alpha value is -2.04. The van der Waals surface area contributed by atoms with Gasteiger partial charge in [-0.3, -0.25) is 5.32 Å². The lowest BCUT2D eigenvalue weighted by atomic mass is 9.84. The maximum atomic E-state index is 11.9. The number of amides is 1. The van der Waals surface area contributed by atoms with Gasteiger partial charge in [0.2, 0.25) is 0 Å². The molecule has 0 spiro atoms. The van der Waals surface area contributed by atoms with E-state index in [-0.39, 0.29) is 11.8 Å². The second-order valence-electron chi connectivity index (χ2n) is 6.01. The Kier molecular flexibility index (Phi) is 5.35. The van der Waals surface area contributed by atoms with Crippen LogP contribution < -0.4 is 5.32 Å². The standard InChI is InChI=1S/C16H23NO4/c1-6-12(14(18)19)21-15(20)17-13-10(2)8-7-9-11(13)16(3,4)5/h7-9,12H,6H2,1-5H3,(H,17,20)(H,18,19). The van der Waals surface area contributed by atoms with Gasteiger partial charge in [-0.25, -0.2) is 9.59 Å². The Morgan fingerprint density at radius 2 is 1.95 bits per heavy atom. The molecular formula is C16H23NO4. The third kappa shape index (κ3) is 4.48. The summed E-state index contributed by atoms with van der Waals surface area (Å²) in [5.74, 6) is -1.14. The fourth-order valence-electron chi connectivity index (χ4n) is 2.03. The minimum Gasteiger partial charge on any atom is -0.479 e. The Balaban J connectivity index is 2.98. The molecule has 0 aliphatic heterocycles. The highest BCUT2D eigenvalue weighted by Crippen LogP contribution is 2.32. The number of ether oxygens (including phenoxy) is 1. The Bertz CT molecular complexity index is 532. The van der Waals surface area contributed by atoms with Crippen molar-refractivity contribution < 1.29 is 19.4 Å². The summed E-state index contributed by atoms with van der Waals surface area (Å²) in [5, 5.41) is 11.6. The molecular weight excluding hydrogens is 270 g/mol. The van der Waals surface area contributed by atoms with Crippen LogP contribution in [0.2, 0.25) is 0 Å². The molecule has 2 N–H and O–H groups in total. The lowest BCUT2D eigenvalue weighted by Gasteiger charge is -2.24. The molecule has 0 saturated heterocycles. The first kappa shape index (κ1) is 17.0. The minimum absolute atomic E-state index is 0.147. The van der Waals surface area contributed by atoms with Gasteiger partial charge in [0.05, 0.1) is 5.69 Å². The van der Waals surface area contributed by atoms with Crippen LogP contribution in [0.25, 0.3) is 0 Å². The fraction of sp³-hybridized carbons (Fsp3) is 0.500. The summed E-state index contributed by atoms with van der Waals surface area (Å²) in [7, 11) is 0. The summed E-state index contributed by atoms with van der Waals surface area (Å²) in [6.45, 7) is 9.68. The van der Waals surface area contributed by atoms with Crippen LogP contribution in [0.5, 0.6) is 0 Å². The van der Waals surface area contributed by atoms with Crippen molar-refractivity contribution in [2.75, 3.05) is 5.32 Å². The molecule has 5 heteroatoms. The van der Waals surface area contributed by atoms with Crippen molar-refractivity contribution in [3.8, 4) is 0 Å². The zero-order valence-corrected chi connectivity index (χ0v) is 13.2. The van der Waals surface area contributed by atoms with Gasteiger partial charge in [0.15, 0.2) is 6.10 Å². The number of para-hydroxylation sites is 1. The molecule has 5 nitrogen and oxygen atoms in total. The van der Waals surface area contributed by atoms with Crippen molar-refractivity contribution in [1.29, 1.82) is 0 Å². The smallest absolute Gasteiger partial charge is 0.412 e. The summed E-state index contributed by atoms with van der Waals surface area (Å²) in [6, 6.07) is 5.76. The molecule has 0 radical (unpaired) electrons. The molecule has 1 aromatic carbocycles. The van der Waals surface area contributed by atoms with Gasteiger partial charge < -0.3 is 9.84 Å². The van der Waals surface area contributed by atoms with Crippen LogP contribution in [0.3, 0.4) is 0 Å². The molecule has 21 heavy (non-hydrogen) atoms. The van der Waals surface area contributed by atoms with Crippen LogP contribution in [0.15, 0.2) is 18.2 Å². The molecule has 116 valence electrons. The molecule has 0 aliphatic carbocycles. The van der Waals surface area contributed by atoms with Crippen LogP contribution in [0.1, 0.15) is 45.2 Å². The molecule has 1 amide bonds. The summed E-state index contributed by atoms with van der Waals surface area (Å²) in [6.07, 6.45) is -1.65. The van der Waals surface area contributed by atoms with Crippen LogP contribution >= 0.6 is 0 Å². The van der Waals surface area contributed by atoms with Crippen LogP contribution in [0.4, 0.5) is 10.5 Å². The van der Waals surface area contributed by atoms with E-state index < -0.39 is 18.2 Å². The summed E-state index contributed by atoms with van der Waals surface area (Å²) < 4.78 is 4.94. The molecule has 0 fully saturated rings. The monoisotopic (exact) mass is 293 g/mol. The van der Waals surface area contributed by atoms with Gasteiger partial charge in [-0.05, 0) is 29.9 Å². The summed E-state index contributed by atoms with van der Waals surface area (Å²) in [4.78, 5) is 22.8. The number of nitrogens with one attached hydrogen (secondary N) is 1. The molecule has 0 aromatic heterocycles. The van der Waals surface area contributed by atoms with Crippen molar-refractivity contribution in [2.24, 2.45) is 0 Å². The predicted octanol–water partition coefficient (Wildman–Crippen LogP) is 3.70. The minimum atomic E-state index is -1.14. The normalized spacial score (nSPS) is 12.6. The van der Waals surface area contributed by atoms with Crippen LogP contribution in [-0.4, -0.2) is 23.3 Å². The van der Waals surface area contributed by atoms with Crippen molar-refractivity contribution in [2.45, 2.75) is 52.6 Å². The van der Waals surface area contributed by atoms with E-state index in [0.29, 0.717) is 5.69 Å². The van der Waals surface area contributed by atoms with E-state index in [1.54, 1.807) is 6.92 Å². The highest BCUT2D eigenvalue weighted by molar-refractivity contribution is 5.89. The maximum absolute atomic E-state index is 11.9. The zero-order valence-electron chi connectivity index (χ0n) is 13.2. The first-order valence-corrected chi connectivity index (χ1v) is 6.97. The average Bonchev–Trinajstić information content (AvgIpc) is 2.36. The Morgan fingerprint density at radius 1 is 1.33 bits per heavy atom. The predicted molar refractivity (Wildman–Crippen MR) is 81.7 cm³/mol. The first-order valence-electron chi connectivity index (χ1n) is 6.97. The van der Waals surface area contributed by atoms with Crippen LogP contribution in [-0.2, 0) is 14.9 Å². The Morgan fingerprint density at radius 3 is 2.43 bits per heavy atom. The Labute approximate surface area is 125 Å². The summed E-state index contributed by atoms with van der Waals surface area (Å²) in [5.41, 5.74) is 2.41. The molecule has 0 heterocycles. The van der Waals surface area contributed by atoms with E-state index in [1.807, 2.05) is 45.9 Å². The van der Waals surface area contributed by atoms with E-state index in [9.17, 15) is 9.59 Å². The molecule has 1 aromatic rings. The quantitative estimate of drug-likeness (QED) is 0.887. The number of carboxylic acids is 1. The van der Waals surface area contributed by atoms with Crippen molar-refractivity contribution in [3.05, 3.63) is 29.3 Å². The molecule has 1 atom stereocenters. The van der Waals surface area contributed by atoms with E-state index in [4.69, 9.17) is 9.84 Å². The SMILES string of the molecule is CCC(OC(=O)Nc1c(C)cccc1C(C)(C)C)C(=O)O. The van der Waals surface area contributed by atoms with Crippen molar-refractivity contribution >= 4 is 17.7 Å². The fourth-order valence-corrected chi connectivity index (χ4v) is 2.03. The first-order chi connectivity index (χ1) is 9.66. The topological polar surface area (TPSA) is 75.6 Å². The lowest BCUT2D eigenvalue weighted by molar-refractivity contribution is -0.146. The van der Waals surface area contributed by atoms with Gasteiger partial charge in [0, 0.05) is 0 Å². The molecule has 1 unspecified atom stereocenters. The number of hydrogen-bond donors (Lipinski definition) is 2. The van der Waals surface area contributed by atoms with Gasteiger partial charge in [-0.2, -0.15) is 0 Å². The number of aryl methyl sites for hydroxylation is 1. The van der Waals surface area contributed by atoms with Crippen molar-refractivity contribution in [1.82, 2.24) is 0 Å². The van der Waals surface area contributed by atoms with Crippen molar-refractivity contribution in [3.63, 3.8) is 0 Å². The van der Waals surface area contributed by atoms with Gasteiger partial charge in [-0.1, -0.05) is 45.9 Å². The van der Waals surface area contributed by atoms with Gasteiger partial charge in [0.25, 0.3) is 0 Å². The molecule has 0 aliphatic rings. The van der Waals surface area contributed by atoms with E-state index in [1.165, 1.54) is 0 Å². The van der Waals surface area contributed by atoms with Gasteiger partial charge in [-0.15, -0.1) is 0 Å². The average molecular weight is 293 g/mol. The molecule has 1 rings (SSSR count). The van der Waals surface area contributed by atoms with E-state index >= 15 is 0 Å². The number of anilines is 1. The lowest BCUT2D eigenvalue weighted by Crippen LogP contribution is -2.29. The molecule has 0 saturated carbocycles.